The molecule has 0 atom stereocenters. The van der Waals surface area contributed by atoms with Crippen LogP contribution in [-0.2, 0) is 0 Å². The maximum absolute atomic E-state index is 10.7. The summed E-state index contributed by atoms with van der Waals surface area (Å²) in [6, 6.07) is 1.60. The highest BCUT2D eigenvalue weighted by Gasteiger charge is 2.12. The van der Waals surface area contributed by atoms with Gasteiger partial charge in [-0.25, -0.2) is 0 Å². The van der Waals surface area contributed by atoms with E-state index in [2.05, 4.69) is 5.10 Å². The number of carbonyl (C=O) groups excluding carboxylic acids is 1. The number of carbonyl (C=O) groups is 1. The topological polar surface area (TPSA) is 60.9 Å². The normalized spacial score (nSPS) is 10.7. The van der Waals surface area contributed by atoms with Gasteiger partial charge < -0.3 is 5.73 Å². The van der Waals surface area contributed by atoms with Crippen LogP contribution in [0.1, 0.15) is 35.9 Å². The predicted octanol–water partition coefficient (Wildman–Crippen LogP) is 1.11. The van der Waals surface area contributed by atoms with Gasteiger partial charge >= 0.3 is 0 Å². The van der Waals surface area contributed by atoms with E-state index in [1.54, 1.807) is 6.07 Å². The van der Waals surface area contributed by atoms with Crippen LogP contribution in [0.25, 0.3) is 0 Å². The Balaban J connectivity index is 3.09. The van der Waals surface area contributed by atoms with E-state index >= 15 is 0 Å². The lowest BCUT2D eigenvalue weighted by molar-refractivity contribution is 0.0994. The molecule has 0 radical (unpaired) electrons. The van der Waals surface area contributed by atoms with Gasteiger partial charge in [-0.1, -0.05) is 13.8 Å². The molecule has 0 fully saturated rings. The summed E-state index contributed by atoms with van der Waals surface area (Å²) in [6.45, 7) is 3.92. The monoisotopic (exact) mass is 187 g/mol. The largest absolute Gasteiger partial charge is 0.364 e. The second-order valence-electron chi connectivity index (χ2n) is 2.83. The standard InChI is InChI=1S/C7H10ClN3O/c1-4(2)5-3-6(7(9)12)11(8)10-5/h3-4H,1-2H3,(H2,9,12). The van der Waals surface area contributed by atoms with E-state index in [9.17, 15) is 4.79 Å². The lowest BCUT2D eigenvalue weighted by Crippen LogP contribution is -2.13. The summed E-state index contributed by atoms with van der Waals surface area (Å²) in [5.41, 5.74) is 6.03. The molecule has 0 unspecified atom stereocenters. The highest BCUT2D eigenvalue weighted by Crippen LogP contribution is 2.14. The third-order valence-corrected chi connectivity index (χ3v) is 1.79. The first-order chi connectivity index (χ1) is 5.52. The zero-order valence-electron chi connectivity index (χ0n) is 6.91. The molecule has 0 saturated carbocycles. The van der Waals surface area contributed by atoms with Gasteiger partial charge in [0.15, 0.2) is 0 Å². The summed E-state index contributed by atoms with van der Waals surface area (Å²) in [6.07, 6.45) is 0. The van der Waals surface area contributed by atoms with Crippen molar-refractivity contribution >= 4 is 17.7 Å². The maximum atomic E-state index is 10.7. The number of primary amides is 1. The molecular formula is C7H10ClN3O. The van der Waals surface area contributed by atoms with Crippen LogP contribution in [0, 0.1) is 0 Å². The number of rotatable bonds is 2. The predicted molar refractivity (Wildman–Crippen MR) is 46.1 cm³/mol. The highest BCUT2D eigenvalue weighted by molar-refractivity contribution is 6.17. The number of hydrogen-bond acceptors (Lipinski definition) is 2. The van der Waals surface area contributed by atoms with Crippen LogP contribution in [0.15, 0.2) is 6.07 Å². The van der Waals surface area contributed by atoms with Crippen LogP contribution in [0.4, 0.5) is 0 Å². The Morgan fingerprint density at radius 3 is 2.58 bits per heavy atom. The molecule has 1 aromatic rings. The van der Waals surface area contributed by atoms with Crippen molar-refractivity contribution in [3.05, 3.63) is 17.5 Å². The molecule has 0 spiro atoms. The van der Waals surface area contributed by atoms with Crippen molar-refractivity contribution in [2.24, 2.45) is 5.73 Å². The quantitative estimate of drug-likeness (QED) is 0.754. The van der Waals surface area contributed by atoms with E-state index in [-0.39, 0.29) is 11.6 Å². The van der Waals surface area contributed by atoms with Crippen LogP contribution in [0.2, 0.25) is 0 Å². The van der Waals surface area contributed by atoms with Crippen molar-refractivity contribution in [1.29, 1.82) is 0 Å². The summed E-state index contributed by atoms with van der Waals surface area (Å²) in [4.78, 5) is 10.7. The molecule has 5 heteroatoms. The first-order valence-corrected chi connectivity index (χ1v) is 3.92. The van der Waals surface area contributed by atoms with Crippen LogP contribution in [0.3, 0.4) is 0 Å². The van der Waals surface area contributed by atoms with Gasteiger partial charge in [-0.3, -0.25) is 4.79 Å². The van der Waals surface area contributed by atoms with Crippen LogP contribution in [-0.4, -0.2) is 15.2 Å². The van der Waals surface area contributed by atoms with Gasteiger partial charge in [0.1, 0.15) is 5.69 Å². The fourth-order valence-electron chi connectivity index (χ4n) is 0.822. The molecule has 0 saturated heterocycles. The minimum absolute atomic E-state index is 0.223. The van der Waals surface area contributed by atoms with Gasteiger partial charge in [-0.05, 0) is 12.0 Å². The molecule has 1 heterocycles. The van der Waals surface area contributed by atoms with Crippen molar-refractivity contribution in [3.8, 4) is 0 Å². The minimum atomic E-state index is -0.565. The molecule has 0 bridgehead atoms. The van der Waals surface area contributed by atoms with Crippen molar-refractivity contribution < 1.29 is 4.79 Å². The molecule has 0 aliphatic rings. The Hall–Kier alpha value is -1.03. The van der Waals surface area contributed by atoms with Gasteiger partial charge in [-0.2, -0.15) is 9.30 Å². The Bertz CT molecular complexity index is 306. The third kappa shape index (κ3) is 1.58. The fourth-order valence-corrected chi connectivity index (χ4v) is 1.04. The molecule has 0 aliphatic carbocycles. The molecule has 1 amide bonds. The number of halogens is 1. The van der Waals surface area contributed by atoms with Crippen LogP contribution < -0.4 is 5.73 Å². The number of nitrogens with zero attached hydrogens (tertiary/aromatic N) is 2. The Kier molecular flexibility index (Phi) is 2.38. The number of amides is 1. The Labute approximate surface area is 75.4 Å². The maximum Gasteiger partial charge on any atom is 0.268 e. The lowest BCUT2D eigenvalue weighted by Gasteiger charge is -1.94. The molecule has 12 heavy (non-hydrogen) atoms. The number of hydrogen-bond donors (Lipinski definition) is 1. The SMILES string of the molecule is CC(C)c1cc(C(N)=O)n(Cl)n1. The zero-order chi connectivity index (χ0) is 9.30. The second-order valence-corrected chi connectivity index (χ2v) is 3.15. The highest BCUT2D eigenvalue weighted by atomic mass is 35.5. The third-order valence-electron chi connectivity index (χ3n) is 1.53. The second kappa shape index (κ2) is 3.15. The summed E-state index contributed by atoms with van der Waals surface area (Å²) in [5, 5.41) is 3.91. The molecule has 0 aliphatic heterocycles. The van der Waals surface area contributed by atoms with Gasteiger partial charge in [0.05, 0.1) is 5.69 Å². The summed E-state index contributed by atoms with van der Waals surface area (Å²) in [5.74, 6) is -0.326. The average Bonchev–Trinajstić information content (AvgIpc) is 2.30. The Morgan fingerprint density at radius 1 is 1.75 bits per heavy atom. The first-order valence-electron chi connectivity index (χ1n) is 3.58. The average molecular weight is 188 g/mol. The lowest BCUT2D eigenvalue weighted by atomic mass is 10.1. The van der Waals surface area contributed by atoms with E-state index in [0.717, 1.165) is 9.89 Å². The summed E-state index contributed by atoms with van der Waals surface area (Å²) < 4.78 is 0.984. The molecule has 4 nitrogen and oxygen atoms in total. The van der Waals surface area contributed by atoms with E-state index in [4.69, 9.17) is 17.5 Å². The molecule has 1 aromatic heterocycles. The summed E-state index contributed by atoms with van der Waals surface area (Å²) >= 11 is 5.59. The van der Waals surface area contributed by atoms with E-state index in [0.29, 0.717) is 0 Å². The van der Waals surface area contributed by atoms with E-state index in [1.165, 1.54) is 0 Å². The van der Waals surface area contributed by atoms with Gasteiger partial charge in [0, 0.05) is 11.8 Å². The molecule has 2 N–H and O–H groups in total. The van der Waals surface area contributed by atoms with E-state index < -0.39 is 5.91 Å². The van der Waals surface area contributed by atoms with Gasteiger partial charge in [0.25, 0.3) is 5.91 Å². The summed E-state index contributed by atoms with van der Waals surface area (Å²) in [7, 11) is 0. The van der Waals surface area contributed by atoms with Crippen LogP contribution in [0.5, 0.6) is 0 Å². The van der Waals surface area contributed by atoms with Gasteiger partial charge in [0.2, 0.25) is 0 Å². The minimum Gasteiger partial charge on any atom is -0.364 e. The van der Waals surface area contributed by atoms with Crippen molar-refractivity contribution in [1.82, 2.24) is 9.30 Å². The first kappa shape index (κ1) is 9.06. The van der Waals surface area contributed by atoms with Crippen molar-refractivity contribution in [2.45, 2.75) is 19.8 Å². The van der Waals surface area contributed by atoms with Crippen LogP contribution >= 0.6 is 11.8 Å². The molecule has 66 valence electrons. The number of aromatic nitrogens is 2. The smallest absolute Gasteiger partial charge is 0.268 e. The van der Waals surface area contributed by atoms with Crippen molar-refractivity contribution in [2.75, 3.05) is 0 Å². The molecule has 1 rings (SSSR count). The molecule has 0 aromatic carbocycles. The van der Waals surface area contributed by atoms with Gasteiger partial charge in [-0.15, -0.1) is 0 Å². The fraction of sp³-hybridized carbons (Fsp3) is 0.429. The number of nitrogens with two attached hydrogens (primary N) is 1. The molecular weight excluding hydrogens is 178 g/mol. The zero-order valence-corrected chi connectivity index (χ0v) is 7.67. The van der Waals surface area contributed by atoms with Crippen molar-refractivity contribution in [3.63, 3.8) is 0 Å². The Morgan fingerprint density at radius 2 is 2.33 bits per heavy atom. The van der Waals surface area contributed by atoms with E-state index in [1.807, 2.05) is 13.8 Å².